The van der Waals surface area contributed by atoms with E-state index in [0.717, 1.165) is 37.6 Å². The number of Topliss-reactive ketones (excluding diaryl/α,β-unsaturated/α-hetero) is 1. The van der Waals surface area contributed by atoms with Crippen LogP contribution in [-0.2, 0) is 4.74 Å². The van der Waals surface area contributed by atoms with Gasteiger partial charge >= 0.3 is 5.97 Å². The maximum atomic E-state index is 13.1. The summed E-state index contributed by atoms with van der Waals surface area (Å²) in [5.41, 5.74) is 3.50. The van der Waals surface area contributed by atoms with Gasteiger partial charge in [0.15, 0.2) is 5.76 Å². The first-order valence-corrected chi connectivity index (χ1v) is 10.5. The Balaban J connectivity index is 1.77. The monoisotopic (exact) mass is 406 g/mol. The summed E-state index contributed by atoms with van der Waals surface area (Å²) in [7, 11) is 0. The zero-order valence-electron chi connectivity index (χ0n) is 17.8. The number of anilines is 2. The molecule has 156 valence electrons. The van der Waals surface area contributed by atoms with E-state index >= 15 is 0 Å². The molecule has 4 rings (SSSR count). The van der Waals surface area contributed by atoms with Crippen LogP contribution in [0.4, 0.5) is 11.4 Å². The predicted molar refractivity (Wildman–Crippen MR) is 117 cm³/mol. The number of hydrogen-bond acceptors (Lipinski definition) is 6. The fourth-order valence-electron chi connectivity index (χ4n) is 4.05. The van der Waals surface area contributed by atoms with Gasteiger partial charge in [0, 0.05) is 49.2 Å². The lowest BCUT2D eigenvalue weighted by Gasteiger charge is -2.21. The number of benzene rings is 2. The molecule has 0 aromatic heterocycles. The van der Waals surface area contributed by atoms with Crippen molar-refractivity contribution < 1.29 is 19.1 Å². The quantitative estimate of drug-likeness (QED) is 0.520. The normalized spacial score (nSPS) is 16.8. The van der Waals surface area contributed by atoms with E-state index in [2.05, 4.69) is 37.5 Å². The number of ketones is 1. The van der Waals surface area contributed by atoms with Crippen molar-refractivity contribution in [3.63, 3.8) is 0 Å². The second-order valence-electron chi connectivity index (χ2n) is 7.23. The second-order valence-corrected chi connectivity index (χ2v) is 7.23. The maximum absolute atomic E-state index is 13.1. The number of hydrogen-bond donors (Lipinski definition) is 0. The Morgan fingerprint density at radius 2 is 1.23 bits per heavy atom. The molecule has 2 aliphatic rings. The minimum atomic E-state index is -0.463. The summed E-state index contributed by atoms with van der Waals surface area (Å²) in [6.07, 6.45) is 0. The third-order valence-electron chi connectivity index (χ3n) is 5.75. The molecule has 0 amide bonds. The van der Waals surface area contributed by atoms with Crippen LogP contribution >= 0.6 is 0 Å². The van der Waals surface area contributed by atoms with Gasteiger partial charge in [-0.2, -0.15) is 0 Å². The van der Waals surface area contributed by atoms with Gasteiger partial charge in [0.25, 0.3) is 0 Å². The van der Waals surface area contributed by atoms with Gasteiger partial charge < -0.3 is 19.3 Å². The van der Waals surface area contributed by atoms with Crippen molar-refractivity contribution in [2.24, 2.45) is 0 Å². The Hall–Kier alpha value is -3.28. The lowest BCUT2D eigenvalue weighted by atomic mass is 10.0. The molecule has 0 bridgehead atoms. The van der Waals surface area contributed by atoms with Crippen molar-refractivity contribution in [3.05, 3.63) is 58.8 Å². The first kappa shape index (κ1) is 20.0. The van der Waals surface area contributed by atoms with Gasteiger partial charge in [0.2, 0.25) is 11.5 Å². The van der Waals surface area contributed by atoms with Crippen LogP contribution in [0, 0.1) is 0 Å². The van der Waals surface area contributed by atoms with Crippen molar-refractivity contribution >= 4 is 28.9 Å². The van der Waals surface area contributed by atoms with Crippen molar-refractivity contribution in [1.82, 2.24) is 0 Å². The van der Waals surface area contributed by atoms with E-state index in [0.29, 0.717) is 22.4 Å². The van der Waals surface area contributed by atoms with Gasteiger partial charge in [-0.05, 0) is 58.0 Å². The Morgan fingerprint density at radius 1 is 0.667 bits per heavy atom. The molecule has 2 aromatic carbocycles. The molecule has 0 spiro atoms. The minimum absolute atomic E-state index is 0.0745. The van der Waals surface area contributed by atoms with E-state index in [4.69, 9.17) is 9.47 Å². The molecule has 0 atom stereocenters. The number of rotatable bonds is 6. The summed E-state index contributed by atoms with van der Waals surface area (Å²) in [5, 5.41) is 0. The van der Waals surface area contributed by atoms with Crippen molar-refractivity contribution in [2.75, 3.05) is 36.0 Å². The van der Waals surface area contributed by atoms with Gasteiger partial charge in [-0.15, -0.1) is 0 Å². The number of esters is 1. The molecule has 6 heteroatoms. The van der Waals surface area contributed by atoms with Crippen LogP contribution < -0.4 is 14.5 Å². The molecule has 6 nitrogen and oxygen atoms in total. The van der Waals surface area contributed by atoms with E-state index in [9.17, 15) is 9.59 Å². The average molecular weight is 406 g/mol. The third-order valence-corrected chi connectivity index (χ3v) is 5.75. The van der Waals surface area contributed by atoms with Gasteiger partial charge in [-0.25, -0.2) is 4.79 Å². The fraction of sp³-hybridized carbons (Fsp3) is 0.333. The van der Waals surface area contributed by atoms with Crippen LogP contribution in [0.1, 0.15) is 54.0 Å². The molecule has 0 unspecified atom stereocenters. The van der Waals surface area contributed by atoms with Gasteiger partial charge in [-0.3, -0.25) is 4.79 Å². The number of nitrogens with zero attached hydrogens (tertiary/aromatic N) is 2. The van der Waals surface area contributed by atoms with Crippen LogP contribution in [0.15, 0.2) is 42.2 Å². The van der Waals surface area contributed by atoms with Crippen molar-refractivity contribution in [2.45, 2.75) is 27.7 Å². The van der Waals surface area contributed by atoms with E-state index in [1.807, 2.05) is 24.3 Å². The number of allylic oxidation sites excluding steroid dienone is 1. The Kier molecular flexibility index (Phi) is 5.24. The fourth-order valence-corrected chi connectivity index (χ4v) is 4.05. The highest BCUT2D eigenvalue weighted by molar-refractivity contribution is 6.18. The second kappa shape index (κ2) is 7.86. The number of carbonyl (C=O) groups is 2. The van der Waals surface area contributed by atoms with E-state index < -0.39 is 5.97 Å². The first-order chi connectivity index (χ1) is 14.5. The van der Waals surface area contributed by atoms with Crippen LogP contribution in [0.5, 0.6) is 5.75 Å². The Labute approximate surface area is 176 Å². The molecule has 0 fully saturated rings. The summed E-state index contributed by atoms with van der Waals surface area (Å²) in [6.45, 7) is 11.7. The summed E-state index contributed by atoms with van der Waals surface area (Å²) < 4.78 is 11.5. The molecule has 2 heterocycles. The molecule has 0 N–H and O–H groups in total. The highest BCUT2D eigenvalue weighted by atomic mass is 16.6. The molecule has 2 aliphatic heterocycles. The highest BCUT2D eigenvalue weighted by Gasteiger charge is 2.38. The zero-order valence-corrected chi connectivity index (χ0v) is 17.8. The van der Waals surface area contributed by atoms with E-state index in [1.165, 1.54) is 0 Å². The van der Waals surface area contributed by atoms with Gasteiger partial charge in [0.05, 0.1) is 11.1 Å². The number of fused-ring (bicyclic) bond motifs is 2. The summed E-state index contributed by atoms with van der Waals surface area (Å²) in [4.78, 5) is 29.8. The number of ether oxygens (including phenoxy) is 2. The summed E-state index contributed by atoms with van der Waals surface area (Å²) in [6, 6.07) is 11.1. The van der Waals surface area contributed by atoms with Crippen LogP contribution in [0.25, 0.3) is 5.76 Å². The molecule has 0 saturated heterocycles. The Bertz CT molecular complexity index is 1050. The van der Waals surface area contributed by atoms with Crippen LogP contribution in [0.3, 0.4) is 0 Å². The lowest BCUT2D eigenvalue weighted by Crippen LogP contribution is -2.21. The average Bonchev–Trinajstić information content (AvgIpc) is 3.26. The zero-order chi connectivity index (χ0) is 21.4. The van der Waals surface area contributed by atoms with Crippen LogP contribution in [0.2, 0.25) is 0 Å². The summed E-state index contributed by atoms with van der Waals surface area (Å²) in [5.74, 6) is 0.0474. The topological polar surface area (TPSA) is 59.1 Å². The molecular formula is C24H26N2O4. The van der Waals surface area contributed by atoms with Crippen molar-refractivity contribution in [3.8, 4) is 5.75 Å². The molecule has 0 radical (unpaired) electrons. The van der Waals surface area contributed by atoms with Gasteiger partial charge in [0.1, 0.15) is 5.75 Å². The minimum Gasteiger partial charge on any atom is -0.448 e. The molecule has 0 saturated carbocycles. The lowest BCUT2D eigenvalue weighted by molar-refractivity contribution is 0.0710. The smallest absolute Gasteiger partial charge is 0.344 e. The largest absolute Gasteiger partial charge is 0.448 e. The SMILES string of the molecule is CCN(CC)c1ccc2c(c1)OC(=C1OC(=O)c3ccc(N(CC)CC)cc31)C2=O. The number of cyclic esters (lactones) is 1. The number of carbonyl (C=O) groups excluding carboxylic acids is 2. The first-order valence-electron chi connectivity index (χ1n) is 10.5. The predicted octanol–water partition coefficient (Wildman–Crippen LogP) is 4.49. The van der Waals surface area contributed by atoms with Gasteiger partial charge in [-0.1, -0.05) is 0 Å². The molecular weight excluding hydrogens is 380 g/mol. The highest BCUT2D eigenvalue weighted by Crippen LogP contribution is 2.41. The molecule has 30 heavy (non-hydrogen) atoms. The van der Waals surface area contributed by atoms with E-state index in [1.54, 1.807) is 12.1 Å². The van der Waals surface area contributed by atoms with Crippen LogP contribution in [-0.4, -0.2) is 37.9 Å². The van der Waals surface area contributed by atoms with Crippen molar-refractivity contribution in [1.29, 1.82) is 0 Å². The standard InChI is InChI=1S/C24H26N2O4/c1-5-25(6-2)15-9-11-17-19(13-15)22(30-24(17)28)23-21(27)18-12-10-16(14-20(18)29-23)26(7-3)8-4/h9-14H,5-8H2,1-4H3. The molecule has 0 aliphatic carbocycles. The Morgan fingerprint density at radius 3 is 1.83 bits per heavy atom. The van der Waals surface area contributed by atoms with E-state index in [-0.39, 0.29) is 17.3 Å². The third kappa shape index (κ3) is 3.12. The summed E-state index contributed by atoms with van der Waals surface area (Å²) >= 11 is 0. The maximum Gasteiger partial charge on any atom is 0.344 e. The molecule has 2 aromatic rings.